The van der Waals surface area contributed by atoms with Crippen LogP contribution in [-0.4, -0.2) is 45.1 Å². The van der Waals surface area contributed by atoms with Gasteiger partial charge in [-0.2, -0.15) is 0 Å². The first-order valence-electron chi connectivity index (χ1n) is 10.4. The fourth-order valence-electron chi connectivity index (χ4n) is 3.76. The third kappa shape index (κ3) is 4.44. The number of rotatable bonds is 8. The van der Waals surface area contributed by atoms with Gasteiger partial charge in [0.15, 0.2) is 16.3 Å². The summed E-state index contributed by atoms with van der Waals surface area (Å²) < 4.78 is 23.3. The lowest BCUT2D eigenvalue weighted by molar-refractivity contribution is -0.140. The van der Waals surface area contributed by atoms with Crippen LogP contribution in [0.2, 0.25) is 0 Å². The van der Waals surface area contributed by atoms with Crippen molar-refractivity contribution in [1.82, 2.24) is 4.57 Å². The van der Waals surface area contributed by atoms with Gasteiger partial charge in [-0.3, -0.25) is 9.36 Å². The van der Waals surface area contributed by atoms with E-state index in [1.807, 2.05) is 29.6 Å². The van der Waals surface area contributed by atoms with Gasteiger partial charge in [0.1, 0.15) is 12.6 Å². The van der Waals surface area contributed by atoms with Crippen LogP contribution in [0.3, 0.4) is 0 Å². The number of hydrogen-bond acceptors (Lipinski definition) is 9. The van der Waals surface area contributed by atoms with E-state index < -0.39 is 12.0 Å². The van der Waals surface area contributed by atoms with Crippen LogP contribution in [0.25, 0.3) is 6.08 Å². The first-order valence-corrected chi connectivity index (χ1v) is 12.1. The number of hydrogen-bond donors (Lipinski definition) is 0. The summed E-state index contributed by atoms with van der Waals surface area (Å²) in [5.74, 6) is 0.585. The van der Waals surface area contributed by atoms with Crippen LogP contribution < -0.4 is 24.4 Å². The molecule has 1 aromatic carbocycles. The number of thiophene rings is 1. The molecular formula is C24H24N2O6S2. The molecule has 178 valence electrons. The molecule has 0 fully saturated rings. The molecule has 1 unspecified atom stereocenters. The second kappa shape index (κ2) is 10.4. The van der Waals surface area contributed by atoms with E-state index in [9.17, 15) is 9.59 Å². The summed E-state index contributed by atoms with van der Waals surface area (Å²) in [5.41, 5.74) is 1.32. The third-order valence-corrected chi connectivity index (χ3v) is 7.20. The number of fused-ring (bicyclic) bond motifs is 1. The Morgan fingerprint density at radius 1 is 1.15 bits per heavy atom. The number of thiazole rings is 1. The zero-order valence-corrected chi connectivity index (χ0v) is 20.8. The van der Waals surface area contributed by atoms with Gasteiger partial charge < -0.3 is 18.9 Å². The third-order valence-electron chi connectivity index (χ3n) is 5.29. The van der Waals surface area contributed by atoms with E-state index >= 15 is 0 Å². The fourth-order valence-corrected chi connectivity index (χ4v) is 5.62. The predicted octanol–water partition coefficient (Wildman–Crippen LogP) is 2.50. The number of aromatic nitrogens is 1. The highest BCUT2D eigenvalue weighted by atomic mass is 32.1. The van der Waals surface area contributed by atoms with Crippen molar-refractivity contribution in [3.8, 4) is 11.5 Å². The SMILES string of the molecule is COCCOC(=O)C1=C(C)N=c2s/c(=C\c3cccc(OC)c3OC)c(=O)n2C1c1cccs1. The average Bonchev–Trinajstić information content (AvgIpc) is 3.46. The summed E-state index contributed by atoms with van der Waals surface area (Å²) in [6, 6.07) is 8.63. The van der Waals surface area contributed by atoms with Crippen molar-refractivity contribution in [2.24, 2.45) is 4.99 Å². The van der Waals surface area contributed by atoms with Crippen molar-refractivity contribution in [2.75, 3.05) is 34.5 Å². The monoisotopic (exact) mass is 500 g/mol. The van der Waals surface area contributed by atoms with Gasteiger partial charge in [0.05, 0.1) is 36.6 Å². The molecule has 2 aromatic heterocycles. The Balaban J connectivity index is 1.88. The minimum absolute atomic E-state index is 0.114. The fraction of sp³-hybridized carbons (Fsp3) is 0.292. The van der Waals surface area contributed by atoms with Crippen molar-refractivity contribution < 1.29 is 23.7 Å². The number of ether oxygens (including phenoxy) is 4. The molecule has 4 rings (SSSR count). The van der Waals surface area contributed by atoms with Crippen LogP contribution in [0.5, 0.6) is 11.5 Å². The highest BCUT2D eigenvalue weighted by Gasteiger charge is 2.34. The second-order valence-corrected chi connectivity index (χ2v) is 9.30. The van der Waals surface area contributed by atoms with Crippen LogP contribution >= 0.6 is 22.7 Å². The molecule has 1 aliphatic rings. The van der Waals surface area contributed by atoms with E-state index in [1.165, 1.54) is 29.8 Å². The summed E-state index contributed by atoms with van der Waals surface area (Å²) in [7, 11) is 4.65. The highest BCUT2D eigenvalue weighted by Crippen LogP contribution is 2.33. The normalized spacial score (nSPS) is 15.6. The Labute approximate surface area is 204 Å². The van der Waals surface area contributed by atoms with Gasteiger partial charge in [0, 0.05) is 17.6 Å². The van der Waals surface area contributed by atoms with Gasteiger partial charge in [-0.05, 0) is 30.5 Å². The lowest BCUT2D eigenvalue weighted by Gasteiger charge is -2.23. The largest absolute Gasteiger partial charge is 0.493 e. The maximum Gasteiger partial charge on any atom is 0.338 e. The molecule has 0 amide bonds. The molecule has 0 saturated heterocycles. The number of allylic oxidation sites excluding steroid dienone is 1. The molecule has 34 heavy (non-hydrogen) atoms. The van der Waals surface area contributed by atoms with Crippen molar-refractivity contribution >= 4 is 34.7 Å². The number of para-hydroxylation sites is 1. The van der Waals surface area contributed by atoms with Gasteiger partial charge in [-0.25, -0.2) is 9.79 Å². The number of methoxy groups -OCH3 is 3. The minimum atomic E-state index is -0.624. The maximum atomic E-state index is 13.6. The topological polar surface area (TPSA) is 88.4 Å². The first kappa shape index (κ1) is 23.9. The Kier molecular flexibility index (Phi) is 7.30. The van der Waals surface area contributed by atoms with Gasteiger partial charge in [0.2, 0.25) is 0 Å². The molecule has 0 bridgehead atoms. The smallest absolute Gasteiger partial charge is 0.338 e. The summed E-state index contributed by atoms with van der Waals surface area (Å²) in [6.45, 7) is 2.16. The minimum Gasteiger partial charge on any atom is -0.493 e. The lowest BCUT2D eigenvalue weighted by atomic mass is 10.0. The summed E-state index contributed by atoms with van der Waals surface area (Å²) >= 11 is 2.73. The molecule has 0 radical (unpaired) electrons. The van der Waals surface area contributed by atoms with Crippen LogP contribution in [-0.2, 0) is 14.3 Å². The number of carbonyl (C=O) groups is 1. The lowest BCUT2D eigenvalue weighted by Crippen LogP contribution is -2.39. The Morgan fingerprint density at radius 3 is 2.65 bits per heavy atom. The second-order valence-electron chi connectivity index (χ2n) is 7.31. The number of benzene rings is 1. The Hall–Kier alpha value is -3.21. The molecule has 3 heterocycles. The quantitative estimate of drug-likeness (QED) is 0.349. The van der Waals surface area contributed by atoms with E-state index in [1.54, 1.807) is 37.9 Å². The molecule has 1 atom stereocenters. The van der Waals surface area contributed by atoms with Gasteiger partial charge in [0.25, 0.3) is 5.56 Å². The van der Waals surface area contributed by atoms with Crippen molar-refractivity contribution in [3.05, 3.63) is 77.1 Å². The van der Waals surface area contributed by atoms with Crippen molar-refractivity contribution in [3.63, 3.8) is 0 Å². The number of nitrogens with zero attached hydrogens (tertiary/aromatic N) is 2. The van der Waals surface area contributed by atoms with Crippen molar-refractivity contribution in [2.45, 2.75) is 13.0 Å². The van der Waals surface area contributed by atoms with Crippen LogP contribution in [0.1, 0.15) is 23.4 Å². The van der Waals surface area contributed by atoms with E-state index in [2.05, 4.69) is 4.99 Å². The van der Waals surface area contributed by atoms with Gasteiger partial charge >= 0.3 is 5.97 Å². The van der Waals surface area contributed by atoms with Crippen LogP contribution in [0.4, 0.5) is 0 Å². The highest BCUT2D eigenvalue weighted by molar-refractivity contribution is 7.10. The van der Waals surface area contributed by atoms with Gasteiger partial charge in [-0.1, -0.05) is 29.5 Å². The van der Waals surface area contributed by atoms with Crippen molar-refractivity contribution in [1.29, 1.82) is 0 Å². The molecule has 0 saturated carbocycles. The molecule has 0 aliphatic carbocycles. The molecule has 0 spiro atoms. The molecule has 10 heteroatoms. The number of esters is 1. The molecule has 1 aliphatic heterocycles. The summed E-state index contributed by atoms with van der Waals surface area (Å²) in [6.07, 6.45) is 1.76. The maximum absolute atomic E-state index is 13.6. The van der Waals surface area contributed by atoms with E-state index in [0.29, 0.717) is 37.7 Å². The molecule has 0 N–H and O–H groups in total. The van der Waals surface area contributed by atoms with Crippen LogP contribution in [0.15, 0.2) is 56.8 Å². The zero-order chi connectivity index (χ0) is 24.2. The number of carbonyl (C=O) groups excluding carboxylic acids is 1. The summed E-state index contributed by atoms with van der Waals surface area (Å²) in [4.78, 5) is 32.6. The van der Waals surface area contributed by atoms with E-state index in [0.717, 1.165) is 4.88 Å². The standard InChI is InChI=1S/C24H24N2O6S2/c1-14-19(23(28)32-11-10-29-2)20(17-9-6-12-33-17)26-22(27)18(34-24(26)25-14)13-15-7-5-8-16(30-3)21(15)31-4/h5-9,12-13,20H,10-11H2,1-4H3/b18-13-. The first-order chi connectivity index (χ1) is 16.5. The summed E-state index contributed by atoms with van der Waals surface area (Å²) in [5, 5.41) is 1.91. The molecule has 3 aromatic rings. The zero-order valence-electron chi connectivity index (χ0n) is 19.2. The molecule has 8 nitrogen and oxygen atoms in total. The Morgan fingerprint density at radius 2 is 1.97 bits per heavy atom. The average molecular weight is 501 g/mol. The molecular weight excluding hydrogens is 476 g/mol. The predicted molar refractivity (Wildman–Crippen MR) is 130 cm³/mol. The van der Waals surface area contributed by atoms with E-state index in [-0.39, 0.29) is 18.8 Å². The Bertz CT molecular complexity index is 1400. The van der Waals surface area contributed by atoms with E-state index in [4.69, 9.17) is 18.9 Å². The van der Waals surface area contributed by atoms with Gasteiger partial charge in [-0.15, -0.1) is 11.3 Å². The van der Waals surface area contributed by atoms with Crippen LogP contribution in [0, 0.1) is 0 Å².